The zero-order valence-corrected chi connectivity index (χ0v) is 9.42. The number of sulfonamides is 1. The Kier molecular flexibility index (Phi) is 2.60. The lowest BCUT2D eigenvalue weighted by atomic mass is 10.3. The van der Waals surface area contributed by atoms with Crippen molar-refractivity contribution in [3.8, 4) is 0 Å². The Morgan fingerprint density at radius 1 is 1.56 bits per heavy atom. The van der Waals surface area contributed by atoms with Gasteiger partial charge in [-0.2, -0.15) is 5.10 Å². The Labute approximate surface area is 92.7 Å². The van der Waals surface area contributed by atoms with Gasteiger partial charge >= 0.3 is 0 Å². The van der Waals surface area contributed by atoms with E-state index < -0.39 is 10.0 Å². The Hall–Kier alpha value is -1.54. The van der Waals surface area contributed by atoms with Gasteiger partial charge in [0, 0.05) is 0 Å². The van der Waals surface area contributed by atoms with Crippen molar-refractivity contribution in [2.45, 2.75) is 18.0 Å². The van der Waals surface area contributed by atoms with E-state index in [2.05, 4.69) is 15.1 Å². The third-order valence-corrected chi connectivity index (χ3v) is 2.94. The lowest BCUT2D eigenvalue weighted by Gasteiger charge is -2.12. The van der Waals surface area contributed by atoms with Crippen molar-refractivity contribution in [3.05, 3.63) is 12.3 Å². The Morgan fingerprint density at radius 3 is 2.94 bits per heavy atom. The SMILES string of the molecule is CC1CN=CC(n2nccc2S(N)(=O)=O)=N1. The van der Waals surface area contributed by atoms with Crippen molar-refractivity contribution < 1.29 is 8.42 Å². The van der Waals surface area contributed by atoms with Crippen molar-refractivity contribution in [2.75, 3.05) is 6.54 Å². The lowest BCUT2D eigenvalue weighted by molar-refractivity contribution is 0.589. The number of hydrogen-bond acceptors (Lipinski definition) is 5. The molecule has 16 heavy (non-hydrogen) atoms. The van der Waals surface area contributed by atoms with Crippen LogP contribution in [0.15, 0.2) is 27.3 Å². The third-order valence-electron chi connectivity index (χ3n) is 2.05. The molecule has 0 aliphatic carbocycles. The van der Waals surface area contributed by atoms with E-state index in [9.17, 15) is 8.42 Å². The summed E-state index contributed by atoms with van der Waals surface area (Å²) in [6.45, 7) is 2.48. The quantitative estimate of drug-likeness (QED) is 0.699. The van der Waals surface area contributed by atoms with Crippen LogP contribution in [0.3, 0.4) is 0 Å². The van der Waals surface area contributed by atoms with Gasteiger partial charge in [0.25, 0.3) is 10.0 Å². The highest BCUT2D eigenvalue weighted by molar-refractivity contribution is 7.89. The Bertz CT molecular complexity index is 557. The molecule has 1 aromatic heterocycles. The van der Waals surface area contributed by atoms with E-state index in [1.54, 1.807) is 0 Å². The van der Waals surface area contributed by atoms with Crippen LogP contribution in [-0.4, -0.2) is 42.8 Å². The number of nitrogens with zero attached hydrogens (tertiary/aromatic N) is 4. The van der Waals surface area contributed by atoms with E-state index in [1.165, 1.54) is 23.2 Å². The minimum atomic E-state index is -3.80. The zero-order valence-electron chi connectivity index (χ0n) is 8.61. The molecule has 1 aromatic rings. The smallest absolute Gasteiger partial charge is 0.255 e. The maximum absolute atomic E-state index is 11.3. The van der Waals surface area contributed by atoms with Crippen molar-refractivity contribution in [3.63, 3.8) is 0 Å². The molecule has 2 rings (SSSR count). The normalized spacial score (nSPS) is 20.9. The standard InChI is InChI=1S/C8H11N5O2S/c1-6-4-10-5-7(12-6)13-8(2-3-11-13)16(9,14)15/h2-3,5-6H,4H2,1H3,(H2,9,14,15). The van der Waals surface area contributed by atoms with Crippen LogP contribution in [0.25, 0.3) is 0 Å². The largest absolute Gasteiger partial charge is 0.287 e. The van der Waals surface area contributed by atoms with Gasteiger partial charge in [-0.1, -0.05) is 0 Å². The minimum absolute atomic E-state index is 0.0116. The molecule has 0 bridgehead atoms. The topological polar surface area (TPSA) is 103 Å². The second-order valence-electron chi connectivity index (χ2n) is 3.46. The van der Waals surface area contributed by atoms with Gasteiger partial charge in [-0.3, -0.25) is 9.98 Å². The van der Waals surface area contributed by atoms with Crippen LogP contribution in [-0.2, 0) is 10.0 Å². The monoisotopic (exact) mass is 241 g/mol. The molecule has 0 saturated carbocycles. The molecular weight excluding hydrogens is 230 g/mol. The highest BCUT2D eigenvalue weighted by Crippen LogP contribution is 2.07. The first-order chi connectivity index (χ1) is 7.48. The van der Waals surface area contributed by atoms with E-state index >= 15 is 0 Å². The molecule has 1 atom stereocenters. The molecule has 0 radical (unpaired) electrons. The fourth-order valence-corrected chi connectivity index (χ4v) is 2.01. The molecule has 0 aromatic carbocycles. The van der Waals surface area contributed by atoms with Gasteiger partial charge < -0.3 is 0 Å². The van der Waals surface area contributed by atoms with E-state index in [1.807, 2.05) is 6.92 Å². The Balaban J connectivity index is 2.50. The average Bonchev–Trinajstić information content (AvgIpc) is 2.65. The highest BCUT2D eigenvalue weighted by Gasteiger charge is 2.18. The van der Waals surface area contributed by atoms with Gasteiger partial charge in [-0.25, -0.2) is 18.2 Å². The summed E-state index contributed by atoms with van der Waals surface area (Å²) < 4.78 is 23.7. The number of hydrogen-bond donors (Lipinski definition) is 1. The van der Waals surface area contributed by atoms with Crippen LogP contribution in [0, 0.1) is 0 Å². The predicted molar refractivity (Wildman–Crippen MR) is 59.3 cm³/mol. The van der Waals surface area contributed by atoms with Crippen LogP contribution in [0.4, 0.5) is 0 Å². The summed E-state index contributed by atoms with van der Waals surface area (Å²) in [7, 11) is -3.80. The lowest BCUT2D eigenvalue weighted by Crippen LogP contribution is -2.27. The molecule has 86 valence electrons. The van der Waals surface area contributed by atoms with Crippen molar-refractivity contribution >= 4 is 22.1 Å². The van der Waals surface area contributed by atoms with Crippen LogP contribution in [0.1, 0.15) is 6.92 Å². The van der Waals surface area contributed by atoms with Crippen molar-refractivity contribution in [2.24, 2.45) is 15.1 Å². The molecule has 2 N–H and O–H groups in total. The molecule has 7 nitrogen and oxygen atoms in total. The molecular formula is C8H11N5O2S. The third kappa shape index (κ3) is 2.02. The molecule has 0 amide bonds. The number of aliphatic imine (C=N–C) groups is 2. The number of aromatic nitrogens is 2. The molecule has 0 spiro atoms. The molecule has 2 heterocycles. The van der Waals surface area contributed by atoms with Crippen LogP contribution < -0.4 is 5.14 Å². The minimum Gasteiger partial charge on any atom is -0.287 e. The molecule has 1 aliphatic heterocycles. The fraction of sp³-hybridized carbons (Fsp3) is 0.375. The van der Waals surface area contributed by atoms with Gasteiger partial charge in [0.1, 0.15) is 0 Å². The summed E-state index contributed by atoms with van der Waals surface area (Å²) in [6.07, 6.45) is 2.84. The summed E-state index contributed by atoms with van der Waals surface area (Å²) >= 11 is 0. The fourth-order valence-electron chi connectivity index (χ4n) is 1.37. The summed E-state index contributed by atoms with van der Waals surface area (Å²) in [5.41, 5.74) is 0. The molecule has 0 saturated heterocycles. The maximum Gasteiger partial charge on any atom is 0.255 e. The first kappa shape index (κ1) is 11.0. The van der Waals surface area contributed by atoms with E-state index in [4.69, 9.17) is 5.14 Å². The molecule has 1 unspecified atom stereocenters. The summed E-state index contributed by atoms with van der Waals surface area (Å²) in [6, 6.07) is 1.34. The molecule has 0 fully saturated rings. The van der Waals surface area contributed by atoms with E-state index in [0.29, 0.717) is 12.4 Å². The first-order valence-corrected chi connectivity index (χ1v) is 6.18. The maximum atomic E-state index is 11.3. The van der Waals surface area contributed by atoms with Gasteiger partial charge in [0.05, 0.1) is 25.0 Å². The van der Waals surface area contributed by atoms with Crippen LogP contribution in [0.2, 0.25) is 0 Å². The second-order valence-corrected chi connectivity index (χ2v) is 4.97. The van der Waals surface area contributed by atoms with E-state index in [0.717, 1.165) is 0 Å². The van der Waals surface area contributed by atoms with Gasteiger partial charge in [0.2, 0.25) is 0 Å². The van der Waals surface area contributed by atoms with Gasteiger partial charge in [-0.15, -0.1) is 0 Å². The van der Waals surface area contributed by atoms with E-state index in [-0.39, 0.29) is 11.1 Å². The van der Waals surface area contributed by atoms with Crippen molar-refractivity contribution in [1.29, 1.82) is 0 Å². The average molecular weight is 241 g/mol. The summed E-state index contributed by atoms with van der Waals surface area (Å²) in [5, 5.41) is 8.84. The van der Waals surface area contributed by atoms with Gasteiger partial charge in [0.15, 0.2) is 10.9 Å². The van der Waals surface area contributed by atoms with Crippen LogP contribution in [0.5, 0.6) is 0 Å². The zero-order chi connectivity index (χ0) is 11.8. The van der Waals surface area contributed by atoms with Crippen molar-refractivity contribution in [1.82, 2.24) is 9.78 Å². The number of nitrogens with two attached hydrogens (primary N) is 1. The molecule has 8 heteroatoms. The summed E-state index contributed by atoms with van der Waals surface area (Å²) in [4.78, 5) is 8.31. The highest BCUT2D eigenvalue weighted by atomic mass is 32.2. The predicted octanol–water partition coefficient (Wildman–Crippen LogP) is -0.750. The van der Waals surface area contributed by atoms with Crippen LogP contribution >= 0.6 is 0 Å². The number of primary sulfonamides is 1. The summed E-state index contributed by atoms with van der Waals surface area (Å²) in [5.74, 6) is 0.382. The first-order valence-electron chi connectivity index (χ1n) is 4.63. The Morgan fingerprint density at radius 2 is 2.31 bits per heavy atom. The molecule has 1 aliphatic rings. The number of rotatable bonds is 1. The second kappa shape index (κ2) is 3.80. The van der Waals surface area contributed by atoms with Gasteiger partial charge in [-0.05, 0) is 13.0 Å².